The van der Waals surface area contributed by atoms with Gasteiger partial charge in [0, 0.05) is 19.4 Å². The van der Waals surface area contributed by atoms with Gasteiger partial charge in [-0.1, -0.05) is 0 Å². The summed E-state index contributed by atoms with van der Waals surface area (Å²) in [7, 11) is 0. The Morgan fingerprint density at radius 3 is 2.44 bits per heavy atom. The molecule has 0 amide bonds. The molecule has 90 valence electrons. The Labute approximate surface area is 98.1 Å². The fourth-order valence-corrected chi connectivity index (χ4v) is 1.16. The van der Waals surface area contributed by atoms with Gasteiger partial charge in [0.15, 0.2) is 6.29 Å². The van der Waals surface area contributed by atoms with Crippen LogP contribution in [0.5, 0.6) is 0 Å². The van der Waals surface area contributed by atoms with E-state index >= 15 is 0 Å². The first-order valence-electron chi connectivity index (χ1n) is 5.56. The van der Waals surface area contributed by atoms with Gasteiger partial charge >= 0.3 is 0 Å². The number of hydrogen-bond acceptors (Lipinski definition) is 3. The predicted octanol–water partition coefficient (Wildman–Crippen LogP) is 1.55. The lowest BCUT2D eigenvalue weighted by Gasteiger charge is -2.22. The highest BCUT2D eigenvalue weighted by Crippen LogP contribution is 2.13. The van der Waals surface area contributed by atoms with Crippen LogP contribution in [0.25, 0.3) is 0 Å². The Morgan fingerprint density at radius 2 is 2.00 bits per heavy atom. The van der Waals surface area contributed by atoms with Crippen LogP contribution in [-0.4, -0.2) is 31.2 Å². The number of rotatable bonds is 4. The van der Waals surface area contributed by atoms with Crippen molar-refractivity contribution in [2.45, 2.75) is 38.4 Å². The molecule has 0 aliphatic carbocycles. The van der Waals surface area contributed by atoms with Gasteiger partial charge in [0.25, 0.3) is 0 Å². The highest BCUT2D eigenvalue weighted by atomic mass is 16.7. The van der Waals surface area contributed by atoms with Crippen molar-refractivity contribution in [1.82, 2.24) is 0 Å². The minimum absolute atomic E-state index is 0.0112. The van der Waals surface area contributed by atoms with Gasteiger partial charge in [0.2, 0.25) is 0 Å². The number of hydrogen-bond donors (Lipinski definition) is 1. The quantitative estimate of drug-likeness (QED) is 0.581. The summed E-state index contributed by atoms with van der Waals surface area (Å²) >= 11 is 0. The van der Waals surface area contributed by atoms with Crippen molar-refractivity contribution in [3.8, 4) is 24.7 Å². The molecule has 0 aromatic carbocycles. The van der Waals surface area contributed by atoms with Crippen LogP contribution < -0.4 is 0 Å². The number of aliphatic hydroxyl groups excluding tert-OH is 1. The van der Waals surface area contributed by atoms with E-state index in [1.807, 2.05) is 0 Å². The standard InChI is InChI=1S/C9H14O2.C4H6O/c1-2-3-7-10-9-6-4-5-8-11-9;1-2-3-4-5/h1,9H,3-8H2;1,5H,3-4H2. The average molecular weight is 224 g/mol. The molecule has 1 unspecified atom stereocenters. The van der Waals surface area contributed by atoms with Crippen LogP contribution in [0.4, 0.5) is 0 Å². The molecule has 1 aliphatic heterocycles. The molecule has 0 saturated carbocycles. The van der Waals surface area contributed by atoms with Gasteiger partial charge in [-0.05, 0) is 19.3 Å². The Morgan fingerprint density at radius 1 is 1.25 bits per heavy atom. The second-order valence-corrected chi connectivity index (χ2v) is 3.30. The molecule has 16 heavy (non-hydrogen) atoms. The third-order valence-electron chi connectivity index (χ3n) is 1.94. The minimum Gasteiger partial charge on any atom is -0.395 e. The SMILES string of the molecule is C#CCCO.C#CCCOC1CCCCO1. The lowest BCUT2D eigenvalue weighted by atomic mass is 10.2. The molecular weight excluding hydrogens is 204 g/mol. The number of terminal acetylenes is 2. The maximum absolute atomic E-state index is 7.92. The summed E-state index contributed by atoms with van der Waals surface area (Å²) in [5, 5.41) is 7.92. The molecule has 0 spiro atoms. The monoisotopic (exact) mass is 224 g/mol. The third kappa shape index (κ3) is 9.55. The summed E-state index contributed by atoms with van der Waals surface area (Å²) < 4.78 is 10.7. The highest BCUT2D eigenvalue weighted by Gasteiger charge is 2.12. The molecule has 1 fully saturated rings. The van der Waals surface area contributed by atoms with Crippen molar-refractivity contribution in [3.05, 3.63) is 0 Å². The van der Waals surface area contributed by atoms with E-state index < -0.39 is 0 Å². The minimum atomic E-state index is 0.0112. The Balaban J connectivity index is 0.000000385. The molecule has 0 bridgehead atoms. The van der Waals surface area contributed by atoms with Crippen LogP contribution in [-0.2, 0) is 9.47 Å². The van der Waals surface area contributed by atoms with Crippen molar-refractivity contribution in [3.63, 3.8) is 0 Å². The molecule has 1 rings (SSSR count). The van der Waals surface area contributed by atoms with Crippen molar-refractivity contribution in [2.24, 2.45) is 0 Å². The molecule has 1 N–H and O–H groups in total. The van der Waals surface area contributed by atoms with Crippen molar-refractivity contribution in [2.75, 3.05) is 19.8 Å². The van der Waals surface area contributed by atoms with E-state index in [1.165, 1.54) is 6.42 Å². The second kappa shape index (κ2) is 12.1. The molecule has 3 nitrogen and oxygen atoms in total. The van der Waals surface area contributed by atoms with E-state index in [9.17, 15) is 0 Å². The molecule has 1 heterocycles. The maximum Gasteiger partial charge on any atom is 0.157 e. The fraction of sp³-hybridized carbons (Fsp3) is 0.692. The Hall–Kier alpha value is -1.00. The first-order valence-corrected chi connectivity index (χ1v) is 5.56. The first-order chi connectivity index (χ1) is 7.85. The van der Waals surface area contributed by atoms with Crippen molar-refractivity contribution in [1.29, 1.82) is 0 Å². The number of ether oxygens (including phenoxy) is 2. The van der Waals surface area contributed by atoms with Crippen LogP contribution in [0.3, 0.4) is 0 Å². The zero-order chi connectivity index (χ0) is 12.1. The molecule has 0 aromatic heterocycles. The maximum atomic E-state index is 7.92. The van der Waals surface area contributed by atoms with Gasteiger partial charge in [-0.3, -0.25) is 0 Å². The zero-order valence-corrected chi connectivity index (χ0v) is 9.65. The van der Waals surface area contributed by atoms with Gasteiger partial charge in [-0.2, -0.15) is 0 Å². The van der Waals surface area contributed by atoms with E-state index in [0.717, 1.165) is 19.4 Å². The summed E-state index contributed by atoms with van der Waals surface area (Å²) in [6.07, 6.45) is 14.4. The van der Waals surface area contributed by atoms with E-state index in [-0.39, 0.29) is 12.9 Å². The summed E-state index contributed by atoms with van der Waals surface area (Å²) in [6.45, 7) is 1.57. The molecular formula is C13H20O3. The lowest BCUT2D eigenvalue weighted by molar-refractivity contribution is -0.161. The van der Waals surface area contributed by atoms with Crippen molar-refractivity contribution < 1.29 is 14.6 Å². The first kappa shape index (κ1) is 15.0. The topological polar surface area (TPSA) is 38.7 Å². The van der Waals surface area contributed by atoms with Crippen LogP contribution in [0, 0.1) is 24.7 Å². The van der Waals surface area contributed by atoms with E-state index in [4.69, 9.17) is 27.4 Å². The van der Waals surface area contributed by atoms with Crippen LogP contribution >= 0.6 is 0 Å². The van der Waals surface area contributed by atoms with Gasteiger partial charge in [-0.15, -0.1) is 24.7 Å². The van der Waals surface area contributed by atoms with Gasteiger partial charge < -0.3 is 14.6 Å². The average Bonchev–Trinajstić information content (AvgIpc) is 2.33. The molecule has 1 aliphatic rings. The van der Waals surface area contributed by atoms with Gasteiger partial charge in [0.05, 0.1) is 13.2 Å². The largest absolute Gasteiger partial charge is 0.395 e. The fourth-order valence-electron chi connectivity index (χ4n) is 1.16. The number of aliphatic hydroxyl groups is 1. The molecule has 1 atom stereocenters. The normalized spacial score (nSPS) is 18.8. The van der Waals surface area contributed by atoms with E-state index in [2.05, 4.69) is 11.8 Å². The van der Waals surface area contributed by atoms with Gasteiger partial charge in [0.1, 0.15) is 0 Å². The Kier molecular flexibility index (Phi) is 11.3. The highest BCUT2D eigenvalue weighted by molar-refractivity contribution is 4.83. The van der Waals surface area contributed by atoms with Crippen LogP contribution in [0.2, 0.25) is 0 Å². The molecule has 3 heteroatoms. The van der Waals surface area contributed by atoms with Gasteiger partial charge in [-0.25, -0.2) is 0 Å². The summed E-state index contributed by atoms with van der Waals surface area (Å²) in [5.74, 6) is 4.79. The lowest BCUT2D eigenvalue weighted by Crippen LogP contribution is -2.22. The molecule has 0 aromatic rings. The van der Waals surface area contributed by atoms with Crippen LogP contribution in [0.15, 0.2) is 0 Å². The predicted molar refractivity (Wildman–Crippen MR) is 63.5 cm³/mol. The third-order valence-corrected chi connectivity index (χ3v) is 1.94. The second-order valence-electron chi connectivity index (χ2n) is 3.30. The van der Waals surface area contributed by atoms with Crippen molar-refractivity contribution >= 4 is 0 Å². The summed E-state index contributed by atoms with van der Waals surface area (Å²) in [6, 6.07) is 0. The Bertz CT molecular complexity index is 218. The summed E-state index contributed by atoms with van der Waals surface area (Å²) in [4.78, 5) is 0. The molecule has 1 saturated heterocycles. The van der Waals surface area contributed by atoms with E-state index in [0.29, 0.717) is 19.4 Å². The van der Waals surface area contributed by atoms with Crippen LogP contribution in [0.1, 0.15) is 32.1 Å². The smallest absolute Gasteiger partial charge is 0.157 e. The molecule has 0 radical (unpaired) electrons. The zero-order valence-electron chi connectivity index (χ0n) is 9.65. The summed E-state index contributed by atoms with van der Waals surface area (Å²) in [5.41, 5.74) is 0. The van der Waals surface area contributed by atoms with E-state index in [1.54, 1.807) is 0 Å².